The first-order valence-corrected chi connectivity index (χ1v) is 5.85. The molecule has 0 heterocycles. The minimum atomic E-state index is -1.16. The van der Waals surface area contributed by atoms with Gasteiger partial charge in [0.05, 0.1) is 11.3 Å². The van der Waals surface area contributed by atoms with Gasteiger partial charge in [-0.1, -0.05) is 13.8 Å². The summed E-state index contributed by atoms with van der Waals surface area (Å²) in [5.74, 6) is -2.06. The van der Waals surface area contributed by atoms with Crippen LogP contribution in [0.5, 0.6) is 0 Å². The zero-order chi connectivity index (χ0) is 15.3. The maximum Gasteiger partial charge on any atom is 0.326 e. The normalized spacial score (nSPS) is 11.6. The smallest absolute Gasteiger partial charge is 0.326 e. The highest BCUT2D eigenvalue weighted by molar-refractivity contribution is 5.93. The molecule has 1 aromatic carbocycles. The van der Waals surface area contributed by atoms with Gasteiger partial charge in [-0.25, -0.2) is 14.0 Å². The second-order valence-electron chi connectivity index (χ2n) is 4.46. The van der Waals surface area contributed by atoms with E-state index < -0.39 is 23.9 Å². The van der Waals surface area contributed by atoms with Crippen LogP contribution in [-0.4, -0.2) is 23.1 Å². The number of hydrogen-bond acceptors (Lipinski definition) is 3. The van der Waals surface area contributed by atoms with Crippen LogP contribution in [0.25, 0.3) is 0 Å². The molecule has 7 heteroatoms. The second-order valence-corrected chi connectivity index (χ2v) is 4.46. The summed E-state index contributed by atoms with van der Waals surface area (Å²) in [6, 6.07) is 3.22. The van der Waals surface area contributed by atoms with Gasteiger partial charge in [-0.05, 0) is 24.1 Å². The molecule has 3 N–H and O–H groups in total. The molecule has 2 amide bonds. The first-order valence-electron chi connectivity index (χ1n) is 5.85. The van der Waals surface area contributed by atoms with Gasteiger partial charge in [0.1, 0.15) is 17.9 Å². The summed E-state index contributed by atoms with van der Waals surface area (Å²) in [5, 5.41) is 22.4. The molecule has 0 bridgehead atoms. The van der Waals surface area contributed by atoms with Crippen molar-refractivity contribution in [2.24, 2.45) is 5.92 Å². The molecule has 1 rings (SSSR count). The summed E-state index contributed by atoms with van der Waals surface area (Å²) >= 11 is 0. The van der Waals surface area contributed by atoms with Gasteiger partial charge in [0, 0.05) is 0 Å². The minimum Gasteiger partial charge on any atom is -0.480 e. The van der Waals surface area contributed by atoms with E-state index in [0.29, 0.717) is 0 Å². The summed E-state index contributed by atoms with van der Waals surface area (Å²) in [5.41, 5.74) is 0.0656. The van der Waals surface area contributed by atoms with Gasteiger partial charge < -0.3 is 15.7 Å². The highest BCUT2D eigenvalue weighted by atomic mass is 19.1. The molecule has 0 radical (unpaired) electrons. The third kappa shape index (κ3) is 3.95. The number of nitriles is 1. The molecule has 0 aromatic heterocycles. The Hall–Kier alpha value is -2.62. The maximum atomic E-state index is 12.9. The highest BCUT2D eigenvalue weighted by Crippen LogP contribution is 2.16. The molecule has 0 spiro atoms. The van der Waals surface area contributed by atoms with Gasteiger partial charge in [-0.2, -0.15) is 5.26 Å². The third-order valence-electron chi connectivity index (χ3n) is 2.57. The lowest BCUT2D eigenvalue weighted by atomic mass is 10.1. The number of carbonyl (C=O) groups excluding carboxylic acids is 1. The number of hydrogen-bond donors (Lipinski definition) is 3. The van der Waals surface area contributed by atoms with E-state index in [4.69, 9.17) is 10.4 Å². The maximum absolute atomic E-state index is 12.9. The Balaban J connectivity index is 2.81. The Morgan fingerprint density at radius 1 is 1.40 bits per heavy atom. The van der Waals surface area contributed by atoms with Crippen molar-refractivity contribution in [3.8, 4) is 6.07 Å². The number of carboxylic acids is 1. The van der Waals surface area contributed by atoms with E-state index >= 15 is 0 Å². The molecular weight excluding hydrogens is 265 g/mol. The van der Waals surface area contributed by atoms with E-state index in [-0.39, 0.29) is 17.2 Å². The van der Waals surface area contributed by atoms with Crippen molar-refractivity contribution in [2.45, 2.75) is 19.9 Å². The van der Waals surface area contributed by atoms with E-state index in [1.165, 1.54) is 6.07 Å². The molecule has 20 heavy (non-hydrogen) atoms. The van der Waals surface area contributed by atoms with Crippen molar-refractivity contribution in [1.82, 2.24) is 5.32 Å². The van der Waals surface area contributed by atoms with Gasteiger partial charge in [-0.15, -0.1) is 0 Å². The quantitative estimate of drug-likeness (QED) is 0.783. The zero-order valence-corrected chi connectivity index (χ0v) is 11.0. The number of amides is 2. The first kappa shape index (κ1) is 15.4. The lowest BCUT2D eigenvalue weighted by molar-refractivity contribution is -0.140. The number of rotatable bonds is 4. The lowest BCUT2D eigenvalue weighted by Crippen LogP contribution is -2.46. The predicted octanol–water partition coefficient (Wildman–Crippen LogP) is 1.93. The minimum absolute atomic E-state index is 0.0448. The zero-order valence-electron chi connectivity index (χ0n) is 11.0. The molecule has 1 unspecified atom stereocenters. The Kier molecular flexibility index (Phi) is 5.03. The van der Waals surface area contributed by atoms with Gasteiger partial charge in [0.25, 0.3) is 0 Å². The summed E-state index contributed by atoms with van der Waals surface area (Å²) in [7, 11) is 0. The SMILES string of the molecule is CC(C)C(NC(=O)Nc1ccc(F)cc1C#N)C(=O)O. The fourth-order valence-electron chi connectivity index (χ4n) is 1.53. The van der Waals surface area contributed by atoms with Crippen molar-refractivity contribution >= 4 is 17.7 Å². The number of urea groups is 1. The van der Waals surface area contributed by atoms with Crippen LogP contribution >= 0.6 is 0 Å². The van der Waals surface area contributed by atoms with E-state index in [0.717, 1.165) is 12.1 Å². The molecule has 0 fully saturated rings. The van der Waals surface area contributed by atoms with Crippen LogP contribution in [0.3, 0.4) is 0 Å². The average Bonchev–Trinajstić information content (AvgIpc) is 2.37. The molecule has 0 aliphatic carbocycles. The lowest BCUT2D eigenvalue weighted by Gasteiger charge is -2.18. The van der Waals surface area contributed by atoms with Crippen LogP contribution in [-0.2, 0) is 4.79 Å². The van der Waals surface area contributed by atoms with E-state index in [2.05, 4.69) is 10.6 Å². The van der Waals surface area contributed by atoms with E-state index in [1.54, 1.807) is 19.9 Å². The number of benzene rings is 1. The molecule has 106 valence electrons. The first-order chi connectivity index (χ1) is 9.35. The van der Waals surface area contributed by atoms with Crippen molar-refractivity contribution in [3.05, 3.63) is 29.6 Å². The molecule has 1 atom stereocenters. The summed E-state index contributed by atoms with van der Waals surface area (Å²) < 4.78 is 12.9. The average molecular weight is 279 g/mol. The van der Waals surface area contributed by atoms with Crippen molar-refractivity contribution in [2.75, 3.05) is 5.32 Å². The van der Waals surface area contributed by atoms with Crippen LogP contribution in [0.15, 0.2) is 18.2 Å². The van der Waals surface area contributed by atoms with Crippen molar-refractivity contribution < 1.29 is 19.1 Å². The van der Waals surface area contributed by atoms with Crippen LogP contribution in [0.1, 0.15) is 19.4 Å². The number of anilines is 1. The molecule has 6 nitrogen and oxygen atoms in total. The fraction of sp³-hybridized carbons (Fsp3) is 0.308. The Labute approximate surface area is 115 Å². The predicted molar refractivity (Wildman–Crippen MR) is 69.5 cm³/mol. The Morgan fingerprint density at radius 3 is 2.55 bits per heavy atom. The number of carbonyl (C=O) groups is 2. The van der Waals surface area contributed by atoms with Crippen molar-refractivity contribution in [1.29, 1.82) is 5.26 Å². The number of carboxylic acid groups (broad SMARTS) is 1. The molecular formula is C13H14FN3O3. The van der Waals surface area contributed by atoms with Crippen LogP contribution in [0.2, 0.25) is 0 Å². The molecule has 0 saturated heterocycles. The van der Waals surface area contributed by atoms with Crippen LogP contribution in [0, 0.1) is 23.1 Å². The monoisotopic (exact) mass is 279 g/mol. The van der Waals surface area contributed by atoms with Crippen LogP contribution in [0.4, 0.5) is 14.9 Å². The van der Waals surface area contributed by atoms with Gasteiger partial charge in [0.2, 0.25) is 0 Å². The topological polar surface area (TPSA) is 102 Å². The largest absolute Gasteiger partial charge is 0.480 e. The standard InChI is InChI=1S/C13H14FN3O3/c1-7(2)11(12(18)19)17-13(20)16-10-4-3-9(14)5-8(10)6-15/h3-5,7,11H,1-2H3,(H,18,19)(H2,16,17,20). The Morgan fingerprint density at radius 2 is 2.05 bits per heavy atom. The number of nitrogens with one attached hydrogen (secondary N) is 2. The third-order valence-corrected chi connectivity index (χ3v) is 2.57. The number of halogens is 1. The molecule has 0 aliphatic heterocycles. The highest BCUT2D eigenvalue weighted by Gasteiger charge is 2.23. The van der Waals surface area contributed by atoms with Crippen molar-refractivity contribution in [3.63, 3.8) is 0 Å². The summed E-state index contributed by atoms with van der Waals surface area (Å²) in [6.45, 7) is 3.30. The van der Waals surface area contributed by atoms with Crippen LogP contribution < -0.4 is 10.6 Å². The molecule has 1 aromatic rings. The Bertz CT molecular complexity index is 566. The molecule has 0 aliphatic rings. The second kappa shape index (κ2) is 6.52. The summed E-state index contributed by atoms with van der Waals surface area (Å²) in [4.78, 5) is 22.6. The van der Waals surface area contributed by atoms with E-state index in [9.17, 15) is 14.0 Å². The van der Waals surface area contributed by atoms with E-state index in [1.807, 2.05) is 0 Å². The van der Waals surface area contributed by atoms with Gasteiger partial charge in [-0.3, -0.25) is 0 Å². The fourth-order valence-corrected chi connectivity index (χ4v) is 1.53. The molecule has 0 saturated carbocycles. The number of nitrogens with zero attached hydrogens (tertiary/aromatic N) is 1. The summed E-state index contributed by atoms with van der Waals surface area (Å²) in [6.07, 6.45) is 0. The van der Waals surface area contributed by atoms with Gasteiger partial charge in [0.15, 0.2) is 0 Å². The van der Waals surface area contributed by atoms with Gasteiger partial charge >= 0.3 is 12.0 Å². The number of aliphatic carboxylic acids is 1.